The predicted molar refractivity (Wildman–Crippen MR) is 82.7 cm³/mol. The molecule has 0 N–H and O–H groups in total. The third-order valence-corrected chi connectivity index (χ3v) is 7.23. The molecule has 0 aliphatic heterocycles. The highest BCUT2D eigenvalue weighted by atomic mass is 32.2. The van der Waals surface area contributed by atoms with Crippen LogP contribution in [0.5, 0.6) is 0 Å². The molecule has 1 aromatic carbocycles. The van der Waals surface area contributed by atoms with Crippen LogP contribution >= 0.6 is 0 Å². The van der Waals surface area contributed by atoms with Gasteiger partial charge in [0.2, 0.25) is 0 Å². The van der Waals surface area contributed by atoms with Crippen molar-refractivity contribution in [2.45, 2.75) is 23.8 Å². The number of rotatable bonds is 9. The van der Waals surface area contributed by atoms with Gasteiger partial charge in [0.1, 0.15) is 0 Å². The topological polar surface area (TPSA) is 111 Å². The summed E-state index contributed by atoms with van der Waals surface area (Å²) in [7, 11) is -1.81. The Balaban J connectivity index is 2.68. The van der Waals surface area contributed by atoms with Crippen LogP contribution in [0.25, 0.3) is 10.4 Å². The molecule has 10 heteroatoms. The van der Waals surface area contributed by atoms with E-state index in [4.69, 9.17) is 18.8 Å². The molecule has 1 aromatic rings. The van der Waals surface area contributed by atoms with Crippen LogP contribution < -0.4 is 0 Å². The van der Waals surface area contributed by atoms with Crippen LogP contribution in [0.2, 0.25) is 6.04 Å². The number of benzene rings is 1. The van der Waals surface area contributed by atoms with Gasteiger partial charge in [0, 0.05) is 36.8 Å². The van der Waals surface area contributed by atoms with Crippen LogP contribution in [0.15, 0.2) is 33.7 Å². The van der Waals surface area contributed by atoms with E-state index in [0.717, 1.165) is 18.4 Å². The highest BCUT2D eigenvalue weighted by Gasteiger charge is 2.36. The lowest BCUT2D eigenvalue weighted by molar-refractivity contribution is 0.123. The Morgan fingerprint density at radius 1 is 1.14 bits per heavy atom. The first kappa shape index (κ1) is 18.6. The summed E-state index contributed by atoms with van der Waals surface area (Å²) in [6, 6.07) is 6.89. The molecule has 0 radical (unpaired) electrons. The molecule has 122 valence electrons. The van der Waals surface area contributed by atoms with Crippen molar-refractivity contribution in [1.82, 2.24) is 0 Å². The fraction of sp³-hybridized carbons (Fsp3) is 0.500. The summed E-state index contributed by atoms with van der Waals surface area (Å²) in [4.78, 5) is 2.29. The molecule has 22 heavy (non-hydrogen) atoms. The van der Waals surface area contributed by atoms with E-state index in [9.17, 15) is 8.42 Å². The van der Waals surface area contributed by atoms with Gasteiger partial charge in [0.05, 0.1) is 4.90 Å². The first-order chi connectivity index (χ1) is 10.4. The molecule has 0 saturated carbocycles. The molecule has 0 aromatic heterocycles. The summed E-state index contributed by atoms with van der Waals surface area (Å²) in [6.07, 6.45) is 1.51. The van der Waals surface area contributed by atoms with Crippen LogP contribution in [0.1, 0.15) is 12.0 Å². The number of azide groups is 1. The first-order valence-corrected chi connectivity index (χ1v) is 9.86. The van der Waals surface area contributed by atoms with Crippen LogP contribution in [-0.4, -0.2) is 38.6 Å². The van der Waals surface area contributed by atoms with Gasteiger partial charge >= 0.3 is 8.80 Å². The average Bonchev–Trinajstić information content (AvgIpc) is 2.52. The Hall–Kier alpha value is -1.42. The highest BCUT2D eigenvalue weighted by molar-refractivity contribution is 7.90. The van der Waals surface area contributed by atoms with Gasteiger partial charge in [-0.1, -0.05) is 12.1 Å². The molecule has 0 aliphatic carbocycles. The molecule has 0 bridgehead atoms. The van der Waals surface area contributed by atoms with E-state index in [-0.39, 0.29) is 4.90 Å². The number of nitrogens with zero attached hydrogens (tertiary/aromatic N) is 3. The normalized spacial score (nSPS) is 12.0. The van der Waals surface area contributed by atoms with Crippen LogP contribution in [0.3, 0.4) is 0 Å². The summed E-state index contributed by atoms with van der Waals surface area (Å²) in [5, 5.41) is 0. The van der Waals surface area contributed by atoms with Gasteiger partial charge in [-0.05, 0) is 36.1 Å². The monoisotopic (exact) mass is 345 g/mol. The molecule has 1 rings (SSSR count). The Kier molecular flexibility index (Phi) is 7.00. The zero-order valence-electron chi connectivity index (χ0n) is 12.7. The van der Waals surface area contributed by atoms with Gasteiger partial charge in [0.15, 0.2) is 0 Å². The van der Waals surface area contributed by atoms with Crippen molar-refractivity contribution in [3.8, 4) is 0 Å². The second-order valence-electron chi connectivity index (χ2n) is 4.44. The summed E-state index contributed by atoms with van der Waals surface area (Å²) < 4.78 is 41.9. The molecule has 0 aliphatic rings. The molecule has 0 heterocycles. The second-order valence-corrected chi connectivity index (χ2v) is 9.11. The largest absolute Gasteiger partial charge is 0.500 e. The SMILES string of the molecule is CO[Si](CCCc1ccc(S(=O)(=O)N=[N+]=[N-])cc1)(OC)OC. The molecule has 0 fully saturated rings. The van der Waals surface area contributed by atoms with E-state index in [1.807, 2.05) is 0 Å². The van der Waals surface area contributed by atoms with E-state index in [2.05, 4.69) is 9.43 Å². The van der Waals surface area contributed by atoms with E-state index in [1.165, 1.54) is 12.1 Å². The van der Waals surface area contributed by atoms with E-state index < -0.39 is 18.8 Å². The molecule has 0 spiro atoms. The van der Waals surface area contributed by atoms with Gasteiger partial charge in [-0.15, -0.1) is 0 Å². The third-order valence-electron chi connectivity index (χ3n) is 3.25. The molecule has 0 saturated heterocycles. The minimum absolute atomic E-state index is 0.0246. The Bertz CT molecular complexity index is 616. The average molecular weight is 345 g/mol. The number of sulfonamides is 1. The maximum Gasteiger partial charge on any atom is 0.500 e. The minimum Gasteiger partial charge on any atom is -0.377 e. The van der Waals surface area contributed by atoms with Gasteiger partial charge in [-0.3, -0.25) is 0 Å². The molecule has 8 nitrogen and oxygen atoms in total. The van der Waals surface area contributed by atoms with Crippen molar-refractivity contribution in [3.63, 3.8) is 0 Å². The van der Waals surface area contributed by atoms with Gasteiger partial charge in [-0.2, -0.15) is 0 Å². The number of hydrogen-bond donors (Lipinski definition) is 0. The van der Waals surface area contributed by atoms with Crippen molar-refractivity contribution in [1.29, 1.82) is 0 Å². The standard InChI is InChI=1S/C12H19N3O5SSi/c1-18-22(19-2,20-3)10-4-5-11-6-8-12(9-7-11)21(16,17)15-14-13/h6-9H,4-5,10H2,1-3H3. The minimum atomic E-state index is -3.93. The Labute approximate surface area is 131 Å². The van der Waals surface area contributed by atoms with Crippen molar-refractivity contribution in [2.75, 3.05) is 21.3 Å². The zero-order chi connectivity index (χ0) is 16.6. The fourth-order valence-electron chi connectivity index (χ4n) is 1.99. The lowest BCUT2D eigenvalue weighted by Crippen LogP contribution is -2.42. The smallest absolute Gasteiger partial charge is 0.377 e. The van der Waals surface area contributed by atoms with Crippen LogP contribution in [0.4, 0.5) is 0 Å². The maximum absolute atomic E-state index is 11.5. The first-order valence-electron chi connectivity index (χ1n) is 6.49. The summed E-state index contributed by atoms with van der Waals surface area (Å²) in [5.41, 5.74) is 9.19. The Morgan fingerprint density at radius 3 is 2.14 bits per heavy atom. The van der Waals surface area contributed by atoms with Gasteiger partial charge < -0.3 is 13.3 Å². The Morgan fingerprint density at radius 2 is 1.68 bits per heavy atom. The van der Waals surface area contributed by atoms with Crippen molar-refractivity contribution >= 4 is 18.8 Å². The molecular formula is C12H19N3O5SSi. The molecular weight excluding hydrogens is 326 g/mol. The van der Waals surface area contributed by atoms with Crippen molar-refractivity contribution in [3.05, 3.63) is 40.3 Å². The van der Waals surface area contributed by atoms with Crippen molar-refractivity contribution in [2.24, 2.45) is 4.52 Å². The predicted octanol–water partition coefficient (Wildman–Crippen LogP) is 2.50. The van der Waals surface area contributed by atoms with Crippen LogP contribution in [0, 0.1) is 0 Å². The quantitative estimate of drug-likeness (QED) is 0.295. The summed E-state index contributed by atoms with van der Waals surface area (Å²) in [6.45, 7) is 0. The molecule has 0 amide bonds. The van der Waals surface area contributed by atoms with E-state index >= 15 is 0 Å². The number of hydrogen-bond acceptors (Lipinski definition) is 5. The summed E-state index contributed by atoms with van der Waals surface area (Å²) in [5.74, 6) is 0. The van der Waals surface area contributed by atoms with Gasteiger partial charge in [-0.25, -0.2) is 8.42 Å². The summed E-state index contributed by atoms with van der Waals surface area (Å²) >= 11 is 0. The van der Waals surface area contributed by atoms with Crippen molar-refractivity contribution < 1.29 is 21.7 Å². The molecule has 0 unspecified atom stereocenters. The van der Waals surface area contributed by atoms with Crippen LogP contribution in [-0.2, 0) is 29.7 Å². The lowest BCUT2D eigenvalue weighted by atomic mass is 10.1. The molecule has 0 atom stereocenters. The highest BCUT2D eigenvalue weighted by Crippen LogP contribution is 2.19. The van der Waals surface area contributed by atoms with Gasteiger partial charge in [0.25, 0.3) is 10.0 Å². The maximum atomic E-state index is 11.5. The van der Waals surface area contributed by atoms with E-state index in [1.54, 1.807) is 33.5 Å². The fourth-order valence-corrected chi connectivity index (χ4v) is 4.38. The number of aryl methyl sites for hydroxylation is 1. The third kappa shape index (κ3) is 4.80. The van der Waals surface area contributed by atoms with E-state index in [0.29, 0.717) is 6.04 Å². The second kappa shape index (κ2) is 8.27. The lowest BCUT2D eigenvalue weighted by Gasteiger charge is -2.24. The zero-order valence-corrected chi connectivity index (χ0v) is 14.5.